The molecule has 0 fully saturated rings. The summed E-state index contributed by atoms with van der Waals surface area (Å²) in [5, 5.41) is 0. The Hall–Kier alpha value is -1.50. The van der Waals surface area contributed by atoms with Crippen molar-refractivity contribution >= 4 is 5.57 Å². The number of rotatable bonds is 2. The average molecular weight is 214 g/mol. The Balaban J connectivity index is 2.50. The summed E-state index contributed by atoms with van der Waals surface area (Å²) < 4.78 is 5.92. The van der Waals surface area contributed by atoms with E-state index in [0.717, 1.165) is 35.5 Å². The quantitative estimate of drug-likeness (QED) is 0.705. The van der Waals surface area contributed by atoms with E-state index in [2.05, 4.69) is 38.6 Å². The number of fused-ring (bicyclic) bond motifs is 1. The SMILES string of the molecule is C=C1C(CCC)=C(C)Oc2c(C)cccc21. The van der Waals surface area contributed by atoms with Gasteiger partial charge in [0.1, 0.15) is 11.5 Å². The van der Waals surface area contributed by atoms with E-state index in [4.69, 9.17) is 4.74 Å². The molecule has 1 heterocycles. The van der Waals surface area contributed by atoms with Gasteiger partial charge in [-0.15, -0.1) is 0 Å². The smallest absolute Gasteiger partial charge is 0.137 e. The Kier molecular flexibility index (Phi) is 2.86. The molecule has 0 unspecified atom stereocenters. The van der Waals surface area contributed by atoms with Crippen LogP contribution >= 0.6 is 0 Å². The standard InChI is InChI=1S/C15H18O/c1-5-7-13-11(3)14-9-6-8-10(2)15(14)16-12(13)4/h6,8-9H,3,5,7H2,1-2,4H3. The summed E-state index contributed by atoms with van der Waals surface area (Å²) in [5.41, 5.74) is 4.72. The number of benzene rings is 1. The molecule has 0 N–H and O–H groups in total. The zero-order valence-corrected chi connectivity index (χ0v) is 10.3. The Labute approximate surface area is 97.4 Å². The lowest BCUT2D eigenvalue weighted by Gasteiger charge is -2.24. The molecule has 0 spiro atoms. The second kappa shape index (κ2) is 4.17. The monoisotopic (exact) mass is 214 g/mol. The van der Waals surface area contributed by atoms with Gasteiger partial charge in [-0.25, -0.2) is 0 Å². The van der Waals surface area contributed by atoms with Crippen molar-refractivity contribution in [2.45, 2.75) is 33.6 Å². The van der Waals surface area contributed by atoms with Crippen molar-refractivity contribution in [3.8, 4) is 5.75 Å². The predicted octanol–water partition coefficient (Wildman–Crippen LogP) is 4.47. The second-order valence-corrected chi connectivity index (χ2v) is 4.32. The van der Waals surface area contributed by atoms with Gasteiger partial charge in [0.25, 0.3) is 0 Å². The maximum atomic E-state index is 5.92. The van der Waals surface area contributed by atoms with E-state index >= 15 is 0 Å². The van der Waals surface area contributed by atoms with Crippen LogP contribution < -0.4 is 4.74 Å². The molecule has 0 aliphatic carbocycles. The highest BCUT2D eigenvalue weighted by Gasteiger charge is 2.21. The van der Waals surface area contributed by atoms with Crippen molar-refractivity contribution in [1.29, 1.82) is 0 Å². The van der Waals surface area contributed by atoms with Gasteiger partial charge in [-0.1, -0.05) is 38.1 Å². The average Bonchev–Trinajstić information content (AvgIpc) is 2.26. The highest BCUT2D eigenvalue weighted by Crippen LogP contribution is 2.40. The van der Waals surface area contributed by atoms with Crippen molar-refractivity contribution in [1.82, 2.24) is 0 Å². The van der Waals surface area contributed by atoms with E-state index < -0.39 is 0 Å². The van der Waals surface area contributed by atoms with E-state index in [-0.39, 0.29) is 0 Å². The van der Waals surface area contributed by atoms with E-state index in [1.54, 1.807) is 0 Å². The first-order valence-corrected chi connectivity index (χ1v) is 5.82. The fourth-order valence-corrected chi connectivity index (χ4v) is 2.19. The zero-order valence-electron chi connectivity index (χ0n) is 10.3. The van der Waals surface area contributed by atoms with Crippen LogP contribution in [0.4, 0.5) is 0 Å². The molecule has 2 rings (SSSR count). The molecular formula is C15H18O. The number of hydrogen-bond donors (Lipinski definition) is 0. The van der Waals surface area contributed by atoms with Crippen LogP contribution in [-0.4, -0.2) is 0 Å². The number of para-hydroxylation sites is 1. The molecule has 1 aliphatic rings. The van der Waals surface area contributed by atoms with Crippen LogP contribution in [0, 0.1) is 6.92 Å². The molecule has 1 nitrogen and oxygen atoms in total. The summed E-state index contributed by atoms with van der Waals surface area (Å²) >= 11 is 0. The minimum absolute atomic E-state index is 0.977. The number of hydrogen-bond acceptors (Lipinski definition) is 1. The zero-order chi connectivity index (χ0) is 11.7. The van der Waals surface area contributed by atoms with Gasteiger partial charge < -0.3 is 4.74 Å². The van der Waals surface area contributed by atoms with Gasteiger partial charge in [0.05, 0.1) is 0 Å². The van der Waals surface area contributed by atoms with Crippen molar-refractivity contribution in [3.05, 3.63) is 47.2 Å². The molecule has 84 valence electrons. The minimum Gasteiger partial charge on any atom is -0.461 e. The third kappa shape index (κ3) is 1.67. The van der Waals surface area contributed by atoms with E-state index in [1.807, 2.05) is 6.92 Å². The van der Waals surface area contributed by atoms with E-state index in [0.29, 0.717) is 0 Å². The molecule has 1 aliphatic heterocycles. The predicted molar refractivity (Wildman–Crippen MR) is 68.4 cm³/mol. The van der Waals surface area contributed by atoms with Crippen molar-refractivity contribution in [2.75, 3.05) is 0 Å². The topological polar surface area (TPSA) is 9.23 Å². The molecule has 0 saturated carbocycles. The summed E-state index contributed by atoms with van der Waals surface area (Å²) in [6.07, 6.45) is 2.16. The summed E-state index contributed by atoms with van der Waals surface area (Å²) in [6.45, 7) is 10.5. The van der Waals surface area contributed by atoms with Gasteiger partial charge in [0.2, 0.25) is 0 Å². The highest BCUT2D eigenvalue weighted by molar-refractivity contribution is 5.83. The Morgan fingerprint density at radius 2 is 2.00 bits per heavy atom. The summed E-state index contributed by atoms with van der Waals surface area (Å²) in [5.74, 6) is 1.98. The maximum absolute atomic E-state index is 5.92. The fourth-order valence-electron chi connectivity index (χ4n) is 2.19. The Morgan fingerprint density at radius 3 is 2.69 bits per heavy atom. The van der Waals surface area contributed by atoms with Crippen molar-refractivity contribution in [3.63, 3.8) is 0 Å². The lowest BCUT2D eigenvalue weighted by molar-refractivity contribution is 0.411. The summed E-state index contributed by atoms with van der Waals surface area (Å²) in [6, 6.07) is 6.23. The van der Waals surface area contributed by atoms with Crippen LogP contribution in [0.3, 0.4) is 0 Å². The summed E-state index contributed by atoms with van der Waals surface area (Å²) in [4.78, 5) is 0. The first kappa shape index (κ1) is 11.0. The van der Waals surface area contributed by atoms with Gasteiger partial charge in [-0.2, -0.15) is 0 Å². The van der Waals surface area contributed by atoms with E-state index in [9.17, 15) is 0 Å². The molecule has 0 saturated heterocycles. The van der Waals surface area contributed by atoms with Crippen LogP contribution in [0.2, 0.25) is 0 Å². The molecule has 0 atom stereocenters. The third-order valence-electron chi connectivity index (χ3n) is 3.08. The van der Waals surface area contributed by atoms with Gasteiger partial charge in [-0.3, -0.25) is 0 Å². The van der Waals surface area contributed by atoms with Gasteiger partial charge in [-0.05, 0) is 37.0 Å². The Morgan fingerprint density at radius 1 is 1.25 bits per heavy atom. The first-order chi connectivity index (χ1) is 7.65. The largest absolute Gasteiger partial charge is 0.461 e. The number of aryl methyl sites for hydroxylation is 1. The van der Waals surface area contributed by atoms with Crippen LogP contribution in [0.1, 0.15) is 37.8 Å². The Bertz CT molecular complexity index is 466. The van der Waals surface area contributed by atoms with Gasteiger partial charge in [0, 0.05) is 5.56 Å². The molecule has 0 amide bonds. The van der Waals surface area contributed by atoms with Crippen molar-refractivity contribution < 1.29 is 4.74 Å². The minimum atomic E-state index is 0.977. The van der Waals surface area contributed by atoms with Crippen molar-refractivity contribution in [2.24, 2.45) is 0 Å². The molecular weight excluding hydrogens is 196 g/mol. The highest BCUT2D eigenvalue weighted by atomic mass is 16.5. The van der Waals surface area contributed by atoms with Crippen LogP contribution in [0.15, 0.2) is 36.1 Å². The lowest BCUT2D eigenvalue weighted by atomic mass is 9.91. The number of ether oxygens (including phenoxy) is 1. The normalized spacial score (nSPS) is 14.8. The van der Waals surface area contributed by atoms with Gasteiger partial charge in [0.15, 0.2) is 0 Å². The lowest BCUT2D eigenvalue weighted by Crippen LogP contribution is -2.08. The molecule has 16 heavy (non-hydrogen) atoms. The van der Waals surface area contributed by atoms with Crippen LogP contribution in [0.25, 0.3) is 5.57 Å². The summed E-state index contributed by atoms with van der Waals surface area (Å²) in [7, 11) is 0. The molecule has 1 heteroatoms. The maximum Gasteiger partial charge on any atom is 0.137 e. The molecule has 0 bridgehead atoms. The second-order valence-electron chi connectivity index (χ2n) is 4.32. The van der Waals surface area contributed by atoms with Gasteiger partial charge >= 0.3 is 0 Å². The fraction of sp³-hybridized carbons (Fsp3) is 0.333. The van der Waals surface area contributed by atoms with Crippen LogP contribution in [0.5, 0.6) is 5.75 Å². The third-order valence-corrected chi connectivity index (χ3v) is 3.08. The number of allylic oxidation sites excluding steroid dienone is 3. The van der Waals surface area contributed by atoms with Crippen LogP contribution in [-0.2, 0) is 0 Å². The first-order valence-electron chi connectivity index (χ1n) is 5.82. The molecule has 1 aromatic carbocycles. The van der Waals surface area contributed by atoms with E-state index in [1.165, 1.54) is 11.1 Å². The molecule has 0 aromatic heterocycles. The molecule has 1 aromatic rings. The molecule has 0 radical (unpaired) electrons.